The minimum atomic E-state index is -0.177. The lowest BCUT2D eigenvalue weighted by Crippen LogP contribution is -2.32. The van der Waals surface area contributed by atoms with Crippen molar-refractivity contribution in [1.82, 2.24) is 5.32 Å². The van der Waals surface area contributed by atoms with E-state index >= 15 is 0 Å². The van der Waals surface area contributed by atoms with Crippen molar-refractivity contribution in [2.45, 2.75) is 72.0 Å². The van der Waals surface area contributed by atoms with Crippen molar-refractivity contribution in [2.24, 2.45) is 0 Å². The highest BCUT2D eigenvalue weighted by Gasteiger charge is 2.17. The third-order valence-electron chi connectivity index (χ3n) is 3.52. The Balaban J connectivity index is 3.52. The second-order valence-electron chi connectivity index (χ2n) is 6.66. The number of hydrogen-bond acceptors (Lipinski definition) is 5. The van der Waals surface area contributed by atoms with E-state index in [1.165, 1.54) is 6.42 Å². The van der Waals surface area contributed by atoms with E-state index < -0.39 is 0 Å². The molecule has 5 heteroatoms. The monoisotopic (exact) mass is 331 g/mol. The molecule has 0 amide bonds. The Morgan fingerprint density at radius 2 is 1.87 bits per heavy atom. The van der Waals surface area contributed by atoms with Crippen molar-refractivity contribution in [2.75, 3.05) is 39.5 Å². The summed E-state index contributed by atoms with van der Waals surface area (Å²) in [6.07, 6.45) is 3.68. The van der Waals surface area contributed by atoms with Crippen molar-refractivity contribution in [3.63, 3.8) is 0 Å². The van der Waals surface area contributed by atoms with Gasteiger partial charge in [0.1, 0.15) is 5.78 Å². The van der Waals surface area contributed by atoms with E-state index in [9.17, 15) is 4.79 Å². The summed E-state index contributed by atoms with van der Waals surface area (Å²) < 4.78 is 16.9. The molecule has 0 fully saturated rings. The molecule has 0 rings (SSSR count). The van der Waals surface area contributed by atoms with Crippen molar-refractivity contribution in [1.29, 1.82) is 0 Å². The Morgan fingerprint density at radius 3 is 2.52 bits per heavy atom. The molecule has 0 radical (unpaired) electrons. The number of nitrogens with one attached hydrogen (secondary N) is 1. The van der Waals surface area contributed by atoms with Crippen LogP contribution in [0.1, 0.15) is 60.3 Å². The molecule has 23 heavy (non-hydrogen) atoms. The van der Waals surface area contributed by atoms with E-state index in [1.54, 1.807) is 6.92 Å². The van der Waals surface area contributed by atoms with Crippen LogP contribution in [0, 0.1) is 0 Å². The molecule has 0 aliphatic carbocycles. The molecule has 0 aromatic rings. The average molecular weight is 331 g/mol. The van der Waals surface area contributed by atoms with Gasteiger partial charge in [-0.3, -0.25) is 4.79 Å². The summed E-state index contributed by atoms with van der Waals surface area (Å²) in [6, 6.07) is 0. The predicted molar refractivity (Wildman–Crippen MR) is 94.0 cm³/mol. The Morgan fingerprint density at radius 1 is 1.13 bits per heavy atom. The molecule has 0 heterocycles. The lowest BCUT2D eigenvalue weighted by molar-refractivity contribution is -0.120. The molecule has 138 valence electrons. The highest BCUT2D eigenvalue weighted by Crippen LogP contribution is 2.13. The molecule has 0 bridgehead atoms. The summed E-state index contributed by atoms with van der Waals surface area (Å²) >= 11 is 0. The molecular weight excluding hydrogens is 294 g/mol. The highest BCUT2D eigenvalue weighted by atomic mass is 16.5. The van der Waals surface area contributed by atoms with Crippen LogP contribution >= 0.6 is 0 Å². The number of carbonyl (C=O) groups excluding carboxylic acids is 1. The van der Waals surface area contributed by atoms with Gasteiger partial charge in [-0.15, -0.1) is 0 Å². The summed E-state index contributed by atoms with van der Waals surface area (Å²) in [5.41, 5.74) is -0.177. The maximum Gasteiger partial charge on any atom is 0.132 e. The number of unbranched alkanes of at least 4 members (excludes halogenated alkanes) is 1. The van der Waals surface area contributed by atoms with Gasteiger partial charge in [-0.1, -0.05) is 13.3 Å². The number of ether oxygens (including phenoxy) is 3. The van der Waals surface area contributed by atoms with Crippen molar-refractivity contribution < 1.29 is 19.0 Å². The van der Waals surface area contributed by atoms with E-state index in [1.807, 2.05) is 6.92 Å². The number of carbonyl (C=O) groups is 1. The lowest BCUT2D eigenvalue weighted by atomic mass is 10.1. The molecule has 0 aromatic carbocycles. The Hall–Kier alpha value is -0.490. The largest absolute Gasteiger partial charge is 0.380 e. The fourth-order valence-corrected chi connectivity index (χ4v) is 2.11. The van der Waals surface area contributed by atoms with Crippen LogP contribution in [-0.4, -0.2) is 57.0 Å². The van der Waals surface area contributed by atoms with E-state index in [2.05, 4.69) is 26.1 Å². The SMILES string of the molecule is CCCCOCCNCCC(C)(C)OCCOC(C)CC(C)=O. The van der Waals surface area contributed by atoms with Crippen LogP contribution in [0.3, 0.4) is 0 Å². The molecule has 0 aliphatic heterocycles. The molecule has 0 aliphatic rings. The number of Topliss-reactive ketones (excluding diaryl/α,β-unsaturated/α-hetero) is 1. The number of rotatable bonds is 16. The first-order valence-corrected chi connectivity index (χ1v) is 8.91. The molecule has 0 saturated heterocycles. The van der Waals surface area contributed by atoms with Gasteiger partial charge in [0.2, 0.25) is 0 Å². The molecule has 1 N–H and O–H groups in total. The molecular formula is C18H37NO4. The second-order valence-corrected chi connectivity index (χ2v) is 6.66. The fourth-order valence-electron chi connectivity index (χ4n) is 2.11. The van der Waals surface area contributed by atoms with Gasteiger partial charge in [0, 0.05) is 19.6 Å². The smallest absolute Gasteiger partial charge is 0.132 e. The normalized spacial score (nSPS) is 13.3. The van der Waals surface area contributed by atoms with Crippen LogP contribution in [0.2, 0.25) is 0 Å². The summed E-state index contributed by atoms with van der Waals surface area (Å²) in [5, 5.41) is 3.37. The third kappa shape index (κ3) is 16.2. The van der Waals surface area contributed by atoms with Gasteiger partial charge in [-0.05, 0) is 47.1 Å². The molecule has 5 nitrogen and oxygen atoms in total. The molecule has 1 unspecified atom stereocenters. The van der Waals surface area contributed by atoms with Gasteiger partial charge in [0.25, 0.3) is 0 Å². The Kier molecular flexibility index (Phi) is 13.6. The molecule has 0 aromatic heterocycles. The van der Waals surface area contributed by atoms with Crippen LogP contribution < -0.4 is 5.32 Å². The van der Waals surface area contributed by atoms with E-state index in [0.29, 0.717) is 19.6 Å². The first-order valence-electron chi connectivity index (χ1n) is 8.91. The van der Waals surface area contributed by atoms with Crippen molar-refractivity contribution in [3.05, 3.63) is 0 Å². The summed E-state index contributed by atoms with van der Waals surface area (Å²) in [5.74, 6) is 0.156. The van der Waals surface area contributed by atoms with Crippen molar-refractivity contribution >= 4 is 5.78 Å². The standard InChI is InChI=1S/C18H37NO4/c1-6-7-11-21-12-10-19-9-8-18(4,5)23-14-13-22-17(3)15-16(2)20/h17,19H,6-15H2,1-5H3. The van der Waals surface area contributed by atoms with E-state index in [4.69, 9.17) is 14.2 Å². The van der Waals surface area contributed by atoms with Crippen molar-refractivity contribution in [3.8, 4) is 0 Å². The second kappa shape index (κ2) is 13.9. The van der Waals surface area contributed by atoms with Crippen LogP contribution in [0.4, 0.5) is 0 Å². The summed E-state index contributed by atoms with van der Waals surface area (Å²) in [4.78, 5) is 11.0. The first kappa shape index (κ1) is 22.5. The predicted octanol–water partition coefficient (Wildman–Crippen LogP) is 2.96. The minimum absolute atomic E-state index is 0.0337. The number of hydrogen-bond donors (Lipinski definition) is 1. The molecule has 1 atom stereocenters. The Bertz CT molecular complexity index is 295. The minimum Gasteiger partial charge on any atom is -0.380 e. The third-order valence-corrected chi connectivity index (χ3v) is 3.52. The topological polar surface area (TPSA) is 56.8 Å². The zero-order valence-corrected chi connectivity index (χ0v) is 15.8. The maximum atomic E-state index is 11.0. The van der Waals surface area contributed by atoms with Gasteiger partial charge in [0.15, 0.2) is 0 Å². The number of ketones is 1. The zero-order valence-electron chi connectivity index (χ0n) is 15.8. The van der Waals surface area contributed by atoms with Crippen LogP contribution in [0.5, 0.6) is 0 Å². The highest BCUT2D eigenvalue weighted by molar-refractivity contribution is 5.75. The fraction of sp³-hybridized carbons (Fsp3) is 0.944. The van der Waals surface area contributed by atoms with Gasteiger partial charge < -0.3 is 19.5 Å². The van der Waals surface area contributed by atoms with Gasteiger partial charge in [0.05, 0.1) is 31.5 Å². The average Bonchev–Trinajstić information content (AvgIpc) is 2.46. The summed E-state index contributed by atoms with van der Waals surface area (Å²) in [7, 11) is 0. The molecule has 0 saturated carbocycles. The van der Waals surface area contributed by atoms with E-state index in [0.717, 1.165) is 39.1 Å². The van der Waals surface area contributed by atoms with Gasteiger partial charge in [-0.25, -0.2) is 0 Å². The summed E-state index contributed by atoms with van der Waals surface area (Å²) in [6.45, 7) is 14.3. The van der Waals surface area contributed by atoms with Crippen LogP contribution in [-0.2, 0) is 19.0 Å². The molecule has 0 spiro atoms. The Labute approximate surface area is 142 Å². The lowest BCUT2D eigenvalue weighted by Gasteiger charge is -2.26. The van der Waals surface area contributed by atoms with Gasteiger partial charge in [-0.2, -0.15) is 0 Å². The van der Waals surface area contributed by atoms with Crippen LogP contribution in [0.15, 0.2) is 0 Å². The van der Waals surface area contributed by atoms with E-state index in [-0.39, 0.29) is 17.5 Å². The van der Waals surface area contributed by atoms with Gasteiger partial charge >= 0.3 is 0 Å². The quantitative estimate of drug-likeness (QED) is 0.441. The van der Waals surface area contributed by atoms with Crippen LogP contribution in [0.25, 0.3) is 0 Å². The first-order chi connectivity index (χ1) is 10.9. The zero-order chi connectivity index (χ0) is 17.6. The maximum absolute atomic E-state index is 11.0.